The lowest BCUT2D eigenvalue weighted by molar-refractivity contribution is -0.0314. The van der Waals surface area contributed by atoms with Crippen molar-refractivity contribution in [2.45, 2.75) is 38.3 Å². The Labute approximate surface area is 161 Å². The van der Waals surface area contributed by atoms with Gasteiger partial charge in [-0.3, -0.25) is 4.68 Å². The summed E-state index contributed by atoms with van der Waals surface area (Å²) in [5.74, 6) is 0. The molecule has 9 heteroatoms. The van der Waals surface area contributed by atoms with E-state index in [1.165, 1.54) is 6.33 Å². The summed E-state index contributed by atoms with van der Waals surface area (Å²) in [4.78, 5) is 25.5. The van der Waals surface area contributed by atoms with Crippen LogP contribution in [0.5, 0.6) is 0 Å². The number of nitrogens with zero attached hydrogens (tertiary/aromatic N) is 6. The molecule has 1 amide bonds. The molecular formula is C19H21N7O2. The van der Waals surface area contributed by atoms with Gasteiger partial charge in [-0.25, -0.2) is 14.8 Å². The number of nitriles is 1. The highest BCUT2D eigenvalue weighted by molar-refractivity contribution is 5.90. The molecule has 3 aromatic heterocycles. The number of rotatable bonds is 3. The number of ether oxygens (including phenoxy) is 1. The molecule has 0 atom stereocenters. The van der Waals surface area contributed by atoms with E-state index in [4.69, 9.17) is 4.74 Å². The number of nitrogens with one attached hydrogen (secondary N) is 1. The highest BCUT2D eigenvalue weighted by atomic mass is 16.6. The molecule has 0 aliphatic carbocycles. The van der Waals surface area contributed by atoms with Crippen molar-refractivity contribution in [2.24, 2.45) is 0 Å². The molecule has 0 spiro atoms. The summed E-state index contributed by atoms with van der Waals surface area (Å²) in [5.41, 5.74) is 1.24. The second kappa shape index (κ2) is 6.34. The van der Waals surface area contributed by atoms with Gasteiger partial charge < -0.3 is 14.6 Å². The predicted octanol–water partition coefficient (Wildman–Crippen LogP) is 2.68. The van der Waals surface area contributed by atoms with Crippen molar-refractivity contribution in [1.82, 2.24) is 29.6 Å². The van der Waals surface area contributed by atoms with E-state index in [0.29, 0.717) is 13.1 Å². The number of aromatic amines is 1. The minimum Gasteiger partial charge on any atom is -0.444 e. The van der Waals surface area contributed by atoms with Crippen LogP contribution in [0, 0.1) is 11.3 Å². The van der Waals surface area contributed by atoms with Crippen LogP contribution in [0.15, 0.2) is 31.0 Å². The van der Waals surface area contributed by atoms with E-state index in [1.807, 2.05) is 39.2 Å². The number of carbonyl (C=O) groups excluding carboxylic acids is 1. The zero-order valence-corrected chi connectivity index (χ0v) is 16.0. The quantitative estimate of drug-likeness (QED) is 0.748. The molecule has 1 fully saturated rings. The van der Waals surface area contributed by atoms with Gasteiger partial charge in [0.1, 0.15) is 23.1 Å². The van der Waals surface area contributed by atoms with E-state index >= 15 is 0 Å². The maximum atomic E-state index is 12.3. The van der Waals surface area contributed by atoms with Gasteiger partial charge in [0.2, 0.25) is 0 Å². The molecule has 0 saturated carbocycles. The van der Waals surface area contributed by atoms with Crippen LogP contribution in [0.3, 0.4) is 0 Å². The second-order valence-corrected chi connectivity index (χ2v) is 8.03. The first kappa shape index (κ1) is 18.0. The topological polar surface area (TPSA) is 113 Å². The van der Waals surface area contributed by atoms with Crippen LogP contribution in [-0.2, 0) is 10.3 Å². The first-order valence-electron chi connectivity index (χ1n) is 9.00. The van der Waals surface area contributed by atoms with E-state index in [2.05, 4.69) is 26.1 Å². The Balaban J connectivity index is 1.59. The second-order valence-electron chi connectivity index (χ2n) is 8.03. The summed E-state index contributed by atoms with van der Waals surface area (Å²) < 4.78 is 7.19. The van der Waals surface area contributed by atoms with Crippen molar-refractivity contribution in [3.63, 3.8) is 0 Å². The molecule has 144 valence electrons. The van der Waals surface area contributed by atoms with Crippen molar-refractivity contribution in [2.75, 3.05) is 13.1 Å². The monoisotopic (exact) mass is 379 g/mol. The summed E-state index contributed by atoms with van der Waals surface area (Å²) in [7, 11) is 0. The van der Waals surface area contributed by atoms with Crippen LogP contribution in [0.1, 0.15) is 27.2 Å². The Hall–Kier alpha value is -3.41. The summed E-state index contributed by atoms with van der Waals surface area (Å²) in [6.07, 6.45) is 6.79. The first-order valence-corrected chi connectivity index (χ1v) is 9.00. The SMILES string of the molecule is CC(C)(C)OC(=O)N1CC(CC#N)(n2cc(-c3ncnc4[nH]ccc34)cn2)C1. The normalized spacial score (nSPS) is 15.9. The number of fused-ring (bicyclic) bond motifs is 1. The molecular weight excluding hydrogens is 358 g/mol. The Bertz CT molecular complexity index is 1060. The van der Waals surface area contributed by atoms with Gasteiger partial charge in [-0.05, 0) is 26.8 Å². The third-order valence-corrected chi connectivity index (χ3v) is 4.73. The molecule has 4 rings (SSSR count). The average Bonchev–Trinajstić information content (AvgIpc) is 3.24. The number of likely N-dealkylation sites (tertiary alicyclic amines) is 1. The van der Waals surface area contributed by atoms with E-state index < -0.39 is 11.1 Å². The maximum Gasteiger partial charge on any atom is 0.410 e. The number of amides is 1. The van der Waals surface area contributed by atoms with Gasteiger partial charge in [0.25, 0.3) is 0 Å². The molecule has 4 heterocycles. The van der Waals surface area contributed by atoms with E-state index in [1.54, 1.807) is 15.8 Å². The zero-order chi connectivity index (χ0) is 19.9. The number of H-pyrrole nitrogens is 1. The molecule has 1 aliphatic rings. The number of hydrogen-bond acceptors (Lipinski definition) is 6. The van der Waals surface area contributed by atoms with Gasteiger partial charge in [-0.15, -0.1) is 0 Å². The highest BCUT2D eigenvalue weighted by Crippen LogP contribution is 2.35. The van der Waals surface area contributed by atoms with Crippen LogP contribution in [0.4, 0.5) is 4.79 Å². The van der Waals surface area contributed by atoms with Crippen molar-refractivity contribution < 1.29 is 9.53 Å². The Morgan fingerprint density at radius 1 is 1.39 bits per heavy atom. The number of aromatic nitrogens is 5. The minimum atomic E-state index is -0.561. The van der Waals surface area contributed by atoms with E-state index in [0.717, 1.165) is 22.3 Å². The predicted molar refractivity (Wildman–Crippen MR) is 101 cm³/mol. The first-order chi connectivity index (χ1) is 13.3. The molecule has 0 radical (unpaired) electrons. The lowest BCUT2D eigenvalue weighted by Gasteiger charge is -2.48. The smallest absolute Gasteiger partial charge is 0.410 e. The fourth-order valence-electron chi connectivity index (χ4n) is 3.41. The summed E-state index contributed by atoms with van der Waals surface area (Å²) in [6.45, 7) is 6.24. The van der Waals surface area contributed by atoms with Crippen molar-refractivity contribution in [1.29, 1.82) is 5.26 Å². The van der Waals surface area contributed by atoms with Crippen molar-refractivity contribution in [3.05, 3.63) is 31.0 Å². The molecule has 0 aromatic carbocycles. The maximum absolute atomic E-state index is 12.3. The third kappa shape index (κ3) is 3.07. The standard InChI is InChI=1S/C19H21N7O2/c1-18(2,3)28-17(27)25-10-19(11-25,5-6-20)26-9-13(8-24-26)15-14-4-7-21-16(14)23-12-22-15/h4,7-9,12H,5,10-11H2,1-3H3,(H,21,22,23). The fraction of sp³-hybridized carbons (Fsp3) is 0.421. The van der Waals surface area contributed by atoms with Gasteiger partial charge in [0, 0.05) is 23.3 Å². The van der Waals surface area contributed by atoms with Crippen LogP contribution >= 0.6 is 0 Å². The Morgan fingerprint density at radius 3 is 2.89 bits per heavy atom. The molecule has 1 aliphatic heterocycles. The van der Waals surface area contributed by atoms with Crippen LogP contribution in [0.25, 0.3) is 22.3 Å². The highest BCUT2D eigenvalue weighted by Gasteiger charge is 2.48. The molecule has 9 nitrogen and oxygen atoms in total. The molecule has 0 bridgehead atoms. The summed E-state index contributed by atoms with van der Waals surface area (Å²) in [5, 5.41) is 14.7. The van der Waals surface area contributed by atoms with Crippen LogP contribution in [0.2, 0.25) is 0 Å². The third-order valence-electron chi connectivity index (χ3n) is 4.73. The van der Waals surface area contributed by atoms with Crippen LogP contribution in [-0.4, -0.2) is 54.4 Å². The number of hydrogen-bond donors (Lipinski definition) is 1. The van der Waals surface area contributed by atoms with Gasteiger partial charge in [0.05, 0.1) is 37.5 Å². The fourth-order valence-corrected chi connectivity index (χ4v) is 3.41. The van der Waals surface area contributed by atoms with E-state index in [9.17, 15) is 10.1 Å². The molecule has 0 unspecified atom stereocenters. The van der Waals surface area contributed by atoms with Gasteiger partial charge in [-0.1, -0.05) is 0 Å². The molecule has 3 aromatic rings. The number of carbonyl (C=O) groups is 1. The van der Waals surface area contributed by atoms with Crippen LogP contribution < -0.4 is 0 Å². The van der Waals surface area contributed by atoms with Crippen molar-refractivity contribution in [3.8, 4) is 17.3 Å². The van der Waals surface area contributed by atoms with Gasteiger partial charge in [-0.2, -0.15) is 10.4 Å². The summed E-state index contributed by atoms with van der Waals surface area (Å²) in [6, 6.07) is 4.14. The van der Waals surface area contributed by atoms with Crippen molar-refractivity contribution >= 4 is 17.1 Å². The average molecular weight is 379 g/mol. The lowest BCUT2D eigenvalue weighted by Crippen LogP contribution is -2.64. The zero-order valence-electron chi connectivity index (χ0n) is 16.0. The molecule has 1 saturated heterocycles. The lowest BCUT2D eigenvalue weighted by atomic mass is 9.87. The van der Waals surface area contributed by atoms with Gasteiger partial charge in [0.15, 0.2) is 0 Å². The minimum absolute atomic E-state index is 0.247. The molecule has 1 N–H and O–H groups in total. The largest absolute Gasteiger partial charge is 0.444 e. The molecule has 28 heavy (non-hydrogen) atoms. The summed E-state index contributed by atoms with van der Waals surface area (Å²) >= 11 is 0. The Kier molecular flexibility index (Phi) is 4.07. The van der Waals surface area contributed by atoms with E-state index in [-0.39, 0.29) is 12.5 Å². The Morgan fingerprint density at radius 2 is 2.18 bits per heavy atom. The van der Waals surface area contributed by atoms with Gasteiger partial charge >= 0.3 is 6.09 Å².